The number of rotatable bonds is 11. The van der Waals surface area contributed by atoms with E-state index < -0.39 is 0 Å². The Bertz CT molecular complexity index is 122. The lowest BCUT2D eigenvalue weighted by Crippen LogP contribution is -2.20. The zero-order chi connectivity index (χ0) is 11.4. The van der Waals surface area contributed by atoms with Crippen LogP contribution in [-0.2, 0) is 4.74 Å². The van der Waals surface area contributed by atoms with Crippen molar-refractivity contribution in [3.8, 4) is 0 Å². The molecule has 0 saturated heterocycles. The Morgan fingerprint density at radius 1 is 1.27 bits per heavy atom. The minimum Gasteiger partial charge on any atom is -0.382 e. The van der Waals surface area contributed by atoms with E-state index in [0.29, 0.717) is 0 Å². The molecule has 1 N–H and O–H groups in total. The first-order valence-corrected chi connectivity index (χ1v) is 7.32. The van der Waals surface area contributed by atoms with Gasteiger partial charge in [-0.15, -0.1) is 0 Å². The van der Waals surface area contributed by atoms with Crippen LogP contribution < -0.4 is 5.32 Å². The predicted molar refractivity (Wildman–Crippen MR) is 70.8 cm³/mol. The zero-order valence-electron chi connectivity index (χ0n) is 10.6. The fourth-order valence-corrected chi connectivity index (χ4v) is 2.21. The molecule has 0 fully saturated rings. The second-order valence-corrected chi connectivity index (χ2v) is 5.04. The molecule has 3 heteroatoms. The topological polar surface area (TPSA) is 21.3 Å². The van der Waals surface area contributed by atoms with E-state index in [4.69, 9.17) is 4.74 Å². The summed E-state index contributed by atoms with van der Waals surface area (Å²) in [6.45, 7) is 10.6. The van der Waals surface area contributed by atoms with E-state index in [1.165, 1.54) is 17.9 Å². The van der Waals surface area contributed by atoms with Crippen molar-refractivity contribution in [2.24, 2.45) is 5.92 Å². The molecule has 0 rings (SSSR count). The molecular weight excluding hydrogens is 206 g/mol. The fraction of sp³-hybridized carbons (Fsp3) is 1.00. The minimum absolute atomic E-state index is 0.838. The van der Waals surface area contributed by atoms with Gasteiger partial charge in [-0.05, 0) is 31.6 Å². The van der Waals surface area contributed by atoms with E-state index in [-0.39, 0.29) is 0 Å². The van der Waals surface area contributed by atoms with Crippen LogP contribution in [0.1, 0.15) is 33.6 Å². The quantitative estimate of drug-likeness (QED) is 0.555. The fourth-order valence-electron chi connectivity index (χ4n) is 1.12. The molecule has 2 nitrogen and oxygen atoms in total. The number of hydrogen-bond donors (Lipinski definition) is 1. The van der Waals surface area contributed by atoms with Crippen LogP contribution in [0.15, 0.2) is 0 Å². The first-order chi connectivity index (χ1) is 7.31. The minimum atomic E-state index is 0.838. The van der Waals surface area contributed by atoms with E-state index >= 15 is 0 Å². The van der Waals surface area contributed by atoms with Crippen LogP contribution in [0, 0.1) is 5.92 Å². The molecule has 0 heterocycles. The molecule has 92 valence electrons. The Kier molecular flexibility index (Phi) is 12.6. The summed E-state index contributed by atoms with van der Waals surface area (Å²) in [6.07, 6.45) is 2.43. The summed E-state index contributed by atoms with van der Waals surface area (Å²) < 4.78 is 5.26. The van der Waals surface area contributed by atoms with Gasteiger partial charge >= 0.3 is 0 Å². The van der Waals surface area contributed by atoms with Crippen molar-refractivity contribution >= 4 is 11.8 Å². The lowest BCUT2D eigenvalue weighted by Gasteiger charge is -2.08. The average Bonchev–Trinajstić information content (AvgIpc) is 2.26. The molecule has 0 aromatic heterocycles. The van der Waals surface area contributed by atoms with Gasteiger partial charge in [0.25, 0.3) is 0 Å². The third kappa shape index (κ3) is 12.2. The van der Waals surface area contributed by atoms with Gasteiger partial charge in [0.15, 0.2) is 0 Å². The molecule has 0 aliphatic heterocycles. The van der Waals surface area contributed by atoms with E-state index in [1.54, 1.807) is 0 Å². The summed E-state index contributed by atoms with van der Waals surface area (Å²) in [7, 11) is 0. The highest BCUT2D eigenvalue weighted by molar-refractivity contribution is 7.99. The van der Waals surface area contributed by atoms with Gasteiger partial charge in [0.1, 0.15) is 0 Å². The van der Waals surface area contributed by atoms with Crippen LogP contribution in [0.25, 0.3) is 0 Å². The number of thioether (sulfide) groups is 1. The maximum Gasteiger partial charge on any atom is 0.0477 e. The molecule has 0 aliphatic rings. The molecule has 0 bridgehead atoms. The third-order valence-electron chi connectivity index (χ3n) is 2.37. The highest BCUT2D eigenvalue weighted by Gasteiger charge is 1.97. The van der Waals surface area contributed by atoms with Gasteiger partial charge < -0.3 is 10.1 Å². The van der Waals surface area contributed by atoms with Crippen LogP contribution in [0.3, 0.4) is 0 Å². The van der Waals surface area contributed by atoms with Gasteiger partial charge in [-0.3, -0.25) is 0 Å². The molecule has 0 amide bonds. The van der Waals surface area contributed by atoms with Gasteiger partial charge in [0.05, 0.1) is 0 Å². The third-order valence-corrected chi connectivity index (χ3v) is 3.67. The summed E-state index contributed by atoms with van der Waals surface area (Å²) in [5, 5.41) is 3.44. The summed E-state index contributed by atoms with van der Waals surface area (Å²) in [6, 6.07) is 0. The SMILES string of the molecule is CCOCCCNCCSCC(C)CC. The zero-order valence-corrected chi connectivity index (χ0v) is 11.4. The largest absolute Gasteiger partial charge is 0.382 e. The maximum absolute atomic E-state index is 5.26. The molecule has 0 saturated carbocycles. The number of nitrogens with one attached hydrogen (secondary N) is 1. The maximum atomic E-state index is 5.26. The van der Waals surface area contributed by atoms with Crippen molar-refractivity contribution < 1.29 is 4.74 Å². The summed E-state index contributed by atoms with van der Waals surface area (Å²) >= 11 is 2.06. The standard InChI is InChI=1S/C12H27NOS/c1-4-12(3)11-15-10-8-13-7-6-9-14-5-2/h12-13H,4-11H2,1-3H3. The molecule has 1 atom stereocenters. The van der Waals surface area contributed by atoms with Crippen molar-refractivity contribution in [2.75, 3.05) is 37.8 Å². The van der Waals surface area contributed by atoms with Crippen LogP contribution in [0.4, 0.5) is 0 Å². The highest BCUT2D eigenvalue weighted by Crippen LogP contribution is 2.09. The molecule has 15 heavy (non-hydrogen) atoms. The molecule has 0 aliphatic carbocycles. The molecule has 0 aromatic carbocycles. The molecular formula is C12H27NOS. The predicted octanol–water partition coefficient (Wildman–Crippen LogP) is 2.78. The summed E-state index contributed by atoms with van der Waals surface area (Å²) in [5.74, 6) is 3.41. The van der Waals surface area contributed by atoms with Gasteiger partial charge in [-0.1, -0.05) is 20.3 Å². The van der Waals surface area contributed by atoms with Gasteiger partial charge in [-0.2, -0.15) is 11.8 Å². The molecule has 0 spiro atoms. The lowest BCUT2D eigenvalue weighted by molar-refractivity contribution is 0.145. The van der Waals surface area contributed by atoms with Crippen molar-refractivity contribution in [1.82, 2.24) is 5.32 Å². The Labute approximate surface area is 99.5 Å². The Balaban J connectivity index is 2.92. The second-order valence-electron chi connectivity index (χ2n) is 3.89. The molecule has 0 aromatic rings. The van der Waals surface area contributed by atoms with Crippen molar-refractivity contribution in [3.63, 3.8) is 0 Å². The molecule has 0 radical (unpaired) electrons. The van der Waals surface area contributed by atoms with Crippen molar-refractivity contribution in [2.45, 2.75) is 33.6 Å². The van der Waals surface area contributed by atoms with Crippen molar-refractivity contribution in [1.29, 1.82) is 0 Å². The number of ether oxygens (including phenoxy) is 1. The van der Waals surface area contributed by atoms with Crippen LogP contribution >= 0.6 is 11.8 Å². The molecule has 1 unspecified atom stereocenters. The number of hydrogen-bond acceptors (Lipinski definition) is 3. The van der Waals surface area contributed by atoms with E-state index in [2.05, 4.69) is 30.9 Å². The monoisotopic (exact) mass is 233 g/mol. The van der Waals surface area contributed by atoms with E-state index in [1.807, 2.05) is 6.92 Å². The lowest BCUT2D eigenvalue weighted by atomic mass is 10.2. The average molecular weight is 233 g/mol. The van der Waals surface area contributed by atoms with Crippen LogP contribution in [-0.4, -0.2) is 37.8 Å². The van der Waals surface area contributed by atoms with E-state index in [0.717, 1.165) is 38.6 Å². The first kappa shape index (κ1) is 15.3. The van der Waals surface area contributed by atoms with Crippen molar-refractivity contribution in [3.05, 3.63) is 0 Å². The first-order valence-electron chi connectivity index (χ1n) is 6.17. The summed E-state index contributed by atoms with van der Waals surface area (Å²) in [5.41, 5.74) is 0. The van der Waals surface area contributed by atoms with Gasteiger partial charge in [0, 0.05) is 25.5 Å². The van der Waals surface area contributed by atoms with Gasteiger partial charge in [0.2, 0.25) is 0 Å². The van der Waals surface area contributed by atoms with Crippen LogP contribution in [0.2, 0.25) is 0 Å². The highest BCUT2D eigenvalue weighted by atomic mass is 32.2. The Hall–Kier alpha value is 0.270. The normalized spacial score (nSPS) is 13.0. The van der Waals surface area contributed by atoms with Gasteiger partial charge in [-0.25, -0.2) is 0 Å². The van der Waals surface area contributed by atoms with E-state index in [9.17, 15) is 0 Å². The van der Waals surface area contributed by atoms with Crippen LogP contribution in [0.5, 0.6) is 0 Å². The Morgan fingerprint density at radius 2 is 2.07 bits per heavy atom. The second kappa shape index (κ2) is 12.3. The summed E-state index contributed by atoms with van der Waals surface area (Å²) in [4.78, 5) is 0. The smallest absolute Gasteiger partial charge is 0.0477 e. The Morgan fingerprint density at radius 3 is 2.73 bits per heavy atom.